The van der Waals surface area contributed by atoms with Crippen molar-refractivity contribution >= 4 is 10.9 Å². The summed E-state index contributed by atoms with van der Waals surface area (Å²) in [5.74, 6) is 0. The summed E-state index contributed by atoms with van der Waals surface area (Å²) in [7, 11) is -0.899. The summed E-state index contributed by atoms with van der Waals surface area (Å²) in [4.78, 5) is 0. The molecule has 0 N–H and O–H groups in total. The molecule has 1 aromatic rings. The maximum Gasteiger partial charge on any atom is 0.203 e. The smallest absolute Gasteiger partial charge is 0.203 e. The summed E-state index contributed by atoms with van der Waals surface area (Å²) < 4.78 is 22.4. The van der Waals surface area contributed by atoms with Crippen LogP contribution in [0, 0.1) is 6.92 Å². The second-order valence-corrected chi connectivity index (χ2v) is 4.20. The second-order valence-electron chi connectivity index (χ2n) is 3.04. The van der Waals surface area contributed by atoms with Crippen molar-refractivity contribution in [3.63, 3.8) is 0 Å². The molecular weight excluding hydrogens is 186 g/mol. The Morgan fingerprint density at radius 3 is 2.23 bits per heavy atom. The van der Waals surface area contributed by atoms with Gasteiger partial charge in [0.25, 0.3) is 0 Å². The van der Waals surface area contributed by atoms with Gasteiger partial charge in [-0.15, -0.1) is 0 Å². The molecule has 0 unspecified atom stereocenters. The van der Waals surface area contributed by atoms with Gasteiger partial charge in [-0.2, -0.15) is 0 Å². The van der Waals surface area contributed by atoms with E-state index in [0.717, 1.165) is 5.56 Å². The lowest BCUT2D eigenvalue weighted by Crippen LogP contribution is -2.15. The predicted octanol–water partition coefficient (Wildman–Crippen LogP) is 0.953. The Bertz CT molecular complexity index is 335. The average molecular weight is 199 g/mol. The first kappa shape index (κ1) is 10.2. The van der Waals surface area contributed by atoms with Crippen molar-refractivity contribution in [2.45, 2.75) is 13.5 Å². The van der Waals surface area contributed by atoms with Gasteiger partial charge in [0.05, 0.1) is 0 Å². The Balaban J connectivity index is 2.69. The highest BCUT2D eigenvalue weighted by molar-refractivity contribution is 7.69. The summed E-state index contributed by atoms with van der Waals surface area (Å²) >= 11 is 0. The highest BCUT2D eigenvalue weighted by Gasteiger charge is 2.00. The Morgan fingerprint density at radius 2 is 1.77 bits per heavy atom. The average Bonchev–Trinajstić information content (AvgIpc) is 2.08. The molecule has 0 radical (unpaired) electrons. The third kappa shape index (κ3) is 3.16. The van der Waals surface area contributed by atoms with Gasteiger partial charge in [-0.1, -0.05) is 29.8 Å². The molecule has 0 aromatic heterocycles. The molecule has 0 aliphatic heterocycles. The highest BCUT2D eigenvalue weighted by atomic mass is 32.2. The van der Waals surface area contributed by atoms with E-state index in [-0.39, 0.29) is 0 Å². The maximum absolute atomic E-state index is 10.5. The normalized spacial score (nSPS) is 11.1. The second kappa shape index (κ2) is 4.39. The van der Waals surface area contributed by atoms with E-state index < -0.39 is 10.9 Å². The molecule has 72 valence electrons. The lowest BCUT2D eigenvalue weighted by atomic mass is 10.1. The first-order valence-corrected chi connectivity index (χ1v) is 5.13. The van der Waals surface area contributed by atoms with Crippen molar-refractivity contribution in [1.82, 2.24) is 4.31 Å². The van der Waals surface area contributed by atoms with Crippen LogP contribution in [0.5, 0.6) is 0 Å². The molecule has 1 rings (SSSR count). The summed E-state index contributed by atoms with van der Waals surface area (Å²) in [5, 5.41) is 0. The molecule has 0 aliphatic carbocycles. The SMILES string of the molecule is Cc1ccc(CN(C)[SH](=O)=O)cc1. The lowest BCUT2D eigenvalue weighted by molar-refractivity contribution is 0.486. The van der Waals surface area contributed by atoms with E-state index in [2.05, 4.69) is 0 Å². The molecule has 0 spiro atoms. The summed E-state index contributed by atoms with van der Waals surface area (Å²) in [6.07, 6.45) is 0. The van der Waals surface area contributed by atoms with Crippen LogP contribution in [-0.2, 0) is 17.4 Å². The molecule has 0 atom stereocenters. The van der Waals surface area contributed by atoms with Crippen molar-refractivity contribution in [3.05, 3.63) is 35.4 Å². The molecule has 4 heteroatoms. The van der Waals surface area contributed by atoms with Gasteiger partial charge < -0.3 is 0 Å². The lowest BCUT2D eigenvalue weighted by Gasteiger charge is -2.08. The van der Waals surface area contributed by atoms with Crippen LogP contribution in [0.15, 0.2) is 24.3 Å². The molecule has 1 aromatic carbocycles. The van der Waals surface area contributed by atoms with Crippen molar-refractivity contribution in [2.75, 3.05) is 7.05 Å². The largest absolute Gasteiger partial charge is 0.215 e. The van der Waals surface area contributed by atoms with Gasteiger partial charge in [-0.25, -0.2) is 12.7 Å². The minimum Gasteiger partial charge on any atom is -0.215 e. The van der Waals surface area contributed by atoms with Gasteiger partial charge in [0, 0.05) is 13.6 Å². The van der Waals surface area contributed by atoms with Gasteiger partial charge in [-0.05, 0) is 12.5 Å². The standard InChI is InChI=1S/C9H13NO2S/c1-8-3-5-9(6-4-8)7-10(2)13(11)12/h3-6,13H,7H2,1-2H3. The van der Waals surface area contributed by atoms with Gasteiger partial charge in [0.1, 0.15) is 0 Å². The fraction of sp³-hybridized carbons (Fsp3) is 0.333. The first-order chi connectivity index (χ1) is 6.09. The quantitative estimate of drug-likeness (QED) is 0.736. The van der Waals surface area contributed by atoms with E-state index >= 15 is 0 Å². The zero-order chi connectivity index (χ0) is 9.84. The minimum absolute atomic E-state index is 0.443. The molecule has 0 aliphatic rings. The highest BCUT2D eigenvalue weighted by Crippen LogP contribution is 2.05. The molecule has 0 saturated carbocycles. The molecule has 13 heavy (non-hydrogen) atoms. The number of hydrogen-bond donors (Lipinski definition) is 1. The molecule has 0 bridgehead atoms. The third-order valence-corrected chi connectivity index (χ3v) is 2.51. The Morgan fingerprint density at radius 1 is 1.23 bits per heavy atom. The monoisotopic (exact) mass is 199 g/mol. The van der Waals surface area contributed by atoms with Crippen molar-refractivity contribution in [3.8, 4) is 0 Å². The van der Waals surface area contributed by atoms with Crippen molar-refractivity contribution in [1.29, 1.82) is 0 Å². The molecule has 0 heterocycles. The zero-order valence-corrected chi connectivity index (χ0v) is 8.62. The van der Waals surface area contributed by atoms with Crippen molar-refractivity contribution in [2.24, 2.45) is 0 Å². The van der Waals surface area contributed by atoms with E-state index in [9.17, 15) is 8.42 Å². The van der Waals surface area contributed by atoms with Gasteiger partial charge in [0.15, 0.2) is 0 Å². The summed E-state index contributed by atoms with van der Waals surface area (Å²) in [6.45, 7) is 2.45. The van der Waals surface area contributed by atoms with Crippen LogP contribution < -0.4 is 0 Å². The number of benzene rings is 1. The van der Waals surface area contributed by atoms with Gasteiger partial charge >= 0.3 is 0 Å². The van der Waals surface area contributed by atoms with Crippen LogP contribution in [0.3, 0.4) is 0 Å². The van der Waals surface area contributed by atoms with Crippen LogP contribution in [-0.4, -0.2) is 19.8 Å². The zero-order valence-electron chi connectivity index (χ0n) is 7.73. The van der Waals surface area contributed by atoms with Crippen LogP contribution >= 0.6 is 0 Å². The van der Waals surface area contributed by atoms with Gasteiger partial charge in [0.2, 0.25) is 10.9 Å². The van der Waals surface area contributed by atoms with E-state index in [1.807, 2.05) is 31.2 Å². The van der Waals surface area contributed by atoms with E-state index in [0.29, 0.717) is 6.54 Å². The molecule has 0 saturated heterocycles. The fourth-order valence-electron chi connectivity index (χ4n) is 1.02. The number of hydrogen-bond acceptors (Lipinski definition) is 2. The maximum atomic E-state index is 10.5. The first-order valence-electron chi connectivity index (χ1n) is 4.00. The number of rotatable bonds is 3. The predicted molar refractivity (Wildman–Crippen MR) is 53.0 cm³/mol. The van der Waals surface area contributed by atoms with E-state index in [4.69, 9.17) is 0 Å². The Labute approximate surface area is 80.1 Å². The summed E-state index contributed by atoms with van der Waals surface area (Å²) in [6, 6.07) is 7.82. The van der Waals surface area contributed by atoms with Crippen LogP contribution in [0.25, 0.3) is 0 Å². The van der Waals surface area contributed by atoms with Gasteiger partial charge in [-0.3, -0.25) is 0 Å². The minimum atomic E-state index is -2.46. The molecule has 3 nitrogen and oxygen atoms in total. The Hall–Kier alpha value is -0.870. The molecule has 0 amide bonds. The Kier molecular flexibility index (Phi) is 3.45. The van der Waals surface area contributed by atoms with E-state index in [1.54, 1.807) is 7.05 Å². The van der Waals surface area contributed by atoms with Crippen molar-refractivity contribution < 1.29 is 8.42 Å². The molecular formula is C9H13NO2S. The fourth-order valence-corrected chi connectivity index (χ4v) is 1.29. The summed E-state index contributed by atoms with van der Waals surface area (Å²) in [5.41, 5.74) is 2.19. The van der Waals surface area contributed by atoms with Crippen LogP contribution in [0.4, 0.5) is 0 Å². The number of aryl methyl sites for hydroxylation is 1. The topological polar surface area (TPSA) is 37.4 Å². The van der Waals surface area contributed by atoms with Crippen LogP contribution in [0.1, 0.15) is 11.1 Å². The van der Waals surface area contributed by atoms with Crippen LogP contribution in [0.2, 0.25) is 0 Å². The van der Waals surface area contributed by atoms with E-state index in [1.165, 1.54) is 9.87 Å². The number of nitrogens with zero attached hydrogens (tertiary/aromatic N) is 1. The number of thiol groups is 1. The molecule has 0 fully saturated rings. The third-order valence-electron chi connectivity index (χ3n) is 1.81.